The van der Waals surface area contributed by atoms with E-state index in [9.17, 15) is 9.59 Å². The number of aliphatic carboxylic acids is 2. The van der Waals surface area contributed by atoms with Crippen LogP contribution < -0.4 is 16.8 Å². The van der Waals surface area contributed by atoms with E-state index in [0.717, 1.165) is 0 Å². The quantitative estimate of drug-likeness (QED) is 0.215. The first kappa shape index (κ1) is 12.9. The fourth-order valence-corrected chi connectivity index (χ4v) is 1.44. The van der Waals surface area contributed by atoms with Crippen LogP contribution in [0.3, 0.4) is 0 Å². The van der Waals surface area contributed by atoms with Crippen molar-refractivity contribution in [3.05, 3.63) is 0 Å². The number of rotatable bonds is 3. The van der Waals surface area contributed by atoms with Crippen LogP contribution in [0.25, 0.3) is 0 Å². The van der Waals surface area contributed by atoms with Crippen molar-refractivity contribution in [2.24, 2.45) is 21.7 Å². The SMILES string of the molecule is NC(N)=NN=C1CC(C(=O)O)NC(C(=O)O)C1. The van der Waals surface area contributed by atoms with Gasteiger partial charge in [-0.25, -0.2) is 0 Å². The van der Waals surface area contributed by atoms with Gasteiger partial charge in [0.1, 0.15) is 12.1 Å². The summed E-state index contributed by atoms with van der Waals surface area (Å²) in [6.45, 7) is 0. The van der Waals surface area contributed by atoms with E-state index >= 15 is 0 Å². The monoisotopic (exact) mass is 243 g/mol. The van der Waals surface area contributed by atoms with Crippen LogP contribution in [0.5, 0.6) is 0 Å². The standard InChI is InChI=1S/C8H13N5O4/c9-8(10)13-12-3-1-4(6(14)15)11-5(2-3)7(16)17/h4-5,11H,1-2H2,(H,14,15)(H,16,17)(H4,9,10,13). The van der Waals surface area contributed by atoms with Crippen molar-refractivity contribution in [1.82, 2.24) is 5.32 Å². The van der Waals surface area contributed by atoms with Crippen LogP contribution in [0.2, 0.25) is 0 Å². The molecule has 0 aromatic rings. The van der Waals surface area contributed by atoms with Gasteiger partial charge < -0.3 is 21.7 Å². The lowest BCUT2D eigenvalue weighted by Crippen LogP contribution is -2.53. The van der Waals surface area contributed by atoms with Gasteiger partial charge >= 0.3 is 11.9 Å². The Bertz CT molecular complexity index is 363. The van der Waals surface area contributed by atoms with Gasteiger partial charge in [0.15, 0.2) is 0 Å². The third kappa shape index (κ3) is 3.72. The van der Waals surface area contributed by atoms with Crippen molar-refractivity contribution in [1.29, 1.82) is 0 Å². The first-order valence-electron chi connectivity index (χ1n) is 4.76. The number of piperidine rings is 1. The lowest BCUT2D eigenvalue weighted by molar-refractivity contribution is -0.142. The number of guanidine groups is 1. The van der Waals surface area contributed by atoms with Crippen LogP contribution >= 0.6 is 0 Å². The molecule has 0 saturated carbocycles. The summed E-state index contributed by atoms with van der Waals surface area (Å²) in [7, 11) is 0. The number of nitrogens with one attached hydrogen (secondary N) is 1. The van der Waals surface area contributed by atoms with Gasteiger partial charge in [0, 0.05) is 18.6 Å². The van der Waals surface area contributed by atoms with Gasteiger partial charge in [-0.05, 0) is 0 Å². The summed E-state index contributed by atoms with van der Waals surface area (Å²) in [6.07, 6.45) is 0.131. The molecule has 0 aromatic heterocycles. The first-order chi connectivity index (χ1) is 7.90. The number of nitrogens with zero attached hydrogens (tertiary/aromatic N) is 2. The highest BCUT2D eigenvalue weighted by atomic mass is 16.4. The summed E-state index contributed by atoms with van der Waals surface area (Å²) in [5.74, 6) is -2.56. The van der Waals surface area contributed by atoms with Crippen LogP contribution in [0.15, 0.2) is 10.2 Å². The topological polar surface area (TPSA) is 163 Å². The van der Waals surface area contributed by atoms with E-state index in [1.165, 1.54) is 0 Å². The summed E-state index contributed by atoms with van der Waals surface area (Å²) >= 11 is 0. The second kappa shape index (κ2) is 5.25. The fourth-order valence-electron chi connectivity index (χ4n) is 1.44. The molecule has 1 aliphatic rings. The fraction of sp³-hybridized carbons (Fsp3) is 0.500. The van der Waals surface area contributed by atoms with Crippen LogP contribution in [0, 0.1) is 0 Å². The Kier molecular flexibility index (Phi) is 3.99. The van der Waals surface area contributed by atoms with Crippen molar-refractivity contribution in [3.63, 3.8) is 0 Å². The third-order valence-corrected chi connectivity index (χ3v) is 2.18. The molecule has 1 aliphatic heterocycles. The van der Waals surface area contributed by atoms with Gasteiger partial charge in [-0.15, -0.1) is 5.10 Å². The molecule has 9 heteroatoms. The van der Waals surface area contributed by atoms with E-state index in [1.54, 1.807) is 0 Å². The number of nitrogens with two attached hydrogens (primary N) is 2. The molecular formula is C8H13N5O4. The number of hydrogen-bond donors (Lipinski definition) is 5. The minimum Gasteiger partial charge on any atom is -0.480 e. The zero-order valence-corrected chi connectivity index (χ0v) is 8.83. The Morgan fingerprint density at radius 1 is 1.18 bits per heavy atom. The molecule has 0 amide bonds. The molecule has 0 spiro atoms. The van der Waals surface area contributed by atoms with E-state index in [-0.39, 0.29) is 18.8 Å². The van der Waals surface area contributed by atoms with Crippen molar-refractivity contribution in [2.45, 2.75) is 24.9 Å². The third-order valence-electron chi connectivity index (χ3n) is 2.18. The van der Waals surface area contributed by atoms with Crippen molar-refractivity contribution in [3.8, 4) is 0 Å². The lowest BCUT2D eigenvalue weighted by atomic mass is 9.96. The predicted molar refractivity (Wildman–Crippen MR) is 58.5 cm³/mol. The molecule has 94 valence electrons. The largest absolute Gasteiger partial charge is 0.480 e. The van der Waals surface area contributed by atoms with E-state index in [2.05, 4.69) is 15.5 Å². The molecule has 2 atom stereocenters. The van der Waals surface area contributed by atoms with Gasteiger partial charge in [0.2, 0.25) is 5.96 Å². The Balaban J connectivity index is 2.86. The van der Waals surface area contributed by atoms with Crippen LogP contribution in [-0.4, -0.2) is 45.9 Å². The van der Waals surface area contributed by atoms with Crippen LogP contribution in [-0.2, 0) is 9.59 Å². The number of carbonyl (C=O) groups is 2. The predicted octanol–water partition coefficient (Wildman–Crippen LogP) is -2.09. The average molecular weight is 243 g/mol. The molecule has 0 aromatic carbocycles. The Morgan fingerprint density at radius 3 is 2.00 bits per heavy atom. The number of carboxylic acid groups (broad SMARTS) is 2. The van der Waals surface area contributed by atoms with Gasteiger partial charge in [-0.3, -0.25) is 14.9 Å². The summed E-state index contributed by atoms with van der Waals surface area (Å²) in [5, 5.41) is 27.2. The minimum atomic E-state index is -1.15. The van der Waals surface area contributed by atoms with Crippen molar-refractivity contribution in [2.75, 3.05) is 0 Å². The maximum Gasteiger partial charge on any atom is 0.321 e. The molecular weight excluding hydrogens is 230 g/mol. The van der Waals surface area contributed by atoms with E-state index in [0.29, 0.717) is 5.71 Å². The van der Waals surface area contributed by atoms with Crippen molar-refractivity contribution < 1.29 is 19.8 Å². The van der Waals surface area contributed by atoms with E-state index in [1.807, 2.05) is 0 Å². The lowest BCUT2D eigenvalue weighted by Gasteiger charge is -2.26. The summed E-state index contributed by atoms with van der Waals surface area (Å²) in [5.41, 5.74) is 10.5. The molecule has 0 aliphatic carbocycles. The minimum absolute atomic E-state index is 0.0654. The molecule has 2 unspecified atom stereocenters. The highest BCUT2D eigenvalue weighted by Crippen LogP contribution is 2.12. The van der Waals surface area contributed by atoms with Gasteiger partial charge in [-0.2, -0.15) is 5.10 Å². The first-order valence-corrected chi connectivity index (χ1v) is 4.76. The highest BCUT2D eigenvalue weighted by Gasteiger charge is 2.33. The second-order valence-electron chi connectivity index (χ2n) is 3.55. The Morgan fingerprint density at radius 2 is 1.65 bits per heavy atom. The Labute approximate surface area is 96.2 Å². The second-order valence-corrected chi connectivity index (χ2v) is 3.55. The maximum absolute atomic E-state index is 10.8. The average Bonchev–Trinajstić information content (AvgIpc) is 2.25. The Hall–Kier alpha value is -2.16. The number of carboxylic acids is 2. The maximum atomic E-state index is 10.8. The zero-order valence-electron chi connectivity index (χ0n) is 8.83. The molecule has 0 radical (unpaired) electrons. The van der Waals surface area contributed by atoms with Gasteiger partial charge in [-0.1, -0.05) is 0 Å². The van der Waals surface area contributed by atoms with Crippen LogP contribution in [0.1, 0.15) is 12.8 Å². The smallest absolute Gasteiger partial charge is 0.321 e. The molecule has 0 bridgehead atoms. The van der Waals surface area contributed by atoms with Gasteiger partial charge in [0.05, 0.1) is 0 Å². The molecule has 7 N–H and O–H groups in total. The zero-order chi connectivity index (χ0) is 13.0. The summed E-state index contributed by atoms with van der Waals surface area (Å²) in [4.78, 5) is 21.6. The molecule has 1 fully saturated rings. The van der Waals surface area contributed by atoms with Gasteiger partial charge in [0.25, 0.3) is 0 Å². The molecule has 1 rings (SSSR count). The highest BCUT2D eigenvalue weighted by molar-refractivity contribution is 5.95. The molecule has 1 heterocycles. The summed E-state index contributed by atoms with van der Waals surface area (Å²) < 4.78 is 0. The van der Waals surface area contributed by atoms with Crippen LogP contribution in [0.4, 0.5) is 0 Å². The molecule has 9 nitrogen and oxygen atoms in total. The van der Waals surface area contributed by atoms with Crippen molar-refractivity contribution >= 4 is 23.6 Å². The summed E-state index contributed by atoms with van der Waals surface area (Å²) in [6, 6.07) is -2.00. The van der Waals surface area contributed by atoms with E-state index in [4.69, 9.17) is 21.7 Å². The molecule has 17 heavy (non-hydrogen) atoms. The molecule has 1 saturated heterocycles. The number of hydrogen-bond acceptors (Lipinski definition) is 5. The van der Waals surface area contributed by atoms with E-state index < -0.39 is 24.0 Å². The normalized spacial score (nSPS) is 23.9.